The third-order valence-corrected chi connectivity index (χ3v) is 4.36. The minimum atomic E-state index is -1.10. The van der Waals surface area contributed by atoms with Crippen molar-refractivity contribution in [2.24, 2.45) is 0 Å². The monoisotopic (exact) mass is 315 g/mol. The number of hydrogen-bond donors (Lipinski definition) is 2. The van der Waals surface area contributed by atoms with Gasteiger partial charge in [0.05, 0.1) is 0 Å². The van der Waals surface area contributed by atoms with Crippen LogP contribution in [0.4, 0.5) is 10.2 Å². The van der Waals surface area contributed by atoms with E-state index in [1.54, 1.807) is 19.1 Å². The highest BCUT2D eigenvalue weighted by Crippen LogP contribution is 2.27. The smallest absolute Gasteiger partial charge is 0.133 e. The highest BCUT2D eigenvalue weighted by Gasteiger charge is 2.24. The maximum absolute atomic E-state index is 13.0. The van der Waals surface area contributed by atoms with Crippen LogP contribution < -0.4 is 5.32 Å². The normalized spacial score (nSPS) is 16.5. The van der Waals surface area contributed by atoms with Crippen LogP contribution in [0.3, 0.4) is 0 Å². The topological polar surface area (TPSA) is 58.0 Å². The number of anilines is 1. The lowest BCUT2D eigenvalue weighted by atomic mass is 9.94. The van der Waals surface area contributed by atoms with Gasteiger partial charge in [-0.25, -0.2) is 14.4 Å². The van der Waals surface area contributed by atoms with Gasteiger partial charge in [0.25, 0.3) is 0 Å². The van der Waals surface area contributed by atoms with E-state index in [1.165, 1.54) is 12.1 Å². The summed E-state index contributed by atoms with van der Waals surface area (Å²) in [5, 5.41) is 14.0. The van der Waals surface area contributed by atoms with Crippen LogP contribution in [0.5, 0.6) is 0 Å². The fraction of sp³-hybridized carbons (Fsp3) is 0.444. The number of halogens is 1. The van der Waals surface area contributed by atoms with Gasteiger partial charge in [-0.3, -0.25) is 0 Å². The molecule has 1 aromatic carbocycles. The Bertz CT molecular complexity index is 698. The van der Waals surface area contributed by atoms with Crippen molar-refractivity contribution < 1.29 is 9.50 Å². The largest absolute Gasteiger partial charge is 0.384 e. The maximum Gasteiger partial charge on any atom is 0.133 e. The van der Waals surface area contributed by atoms with E-state index in [0.717, 1.165) is 48.6 Å². The number of aryl methyl sites for hydroxylation is 2. The fourth-order valence-electron chi connectivity index (χ4n) is 3.03. The lowest BCUT2D eigenvalue weighted by Crippen LogP contribution is -2.31. The number of rotatable bonds is 4. The molecule has 1 heterocycles. The van der Waals surface area contributed by atoms with Crippen LogP contribution in [0, 0.1) is 12.7 Å². The number of aliphatic hydroxyl groups is 1. The standard InChI is InChI=1S/C18H22FN3O/c1-12-21-16-6-4-3-5-15(16)17(22-12)20-11-18(2,23)13-7-9-14(19)10-8-13/h7-10,23H,3-6,11H2,1-2H3,(H,20,21,22). The molecule has 0 bridgehead atoms. The molecule has 1 unspecified atom stereocenters. The zero-order valence-corrected chi connectivity index (χ0v) is 13.6. The molecule has 4 nitrogen and oxygen atoms in total. The molecule has 1 atom stereocenters. The molecule has 5 heteroatoms. The fourth-order valence-corrected chi connectivity index (χ4v) is 3.03. The average molecular weight is 315 g/mol. The molecule has 2 aromatic rings. The van der Waals surface area contributed by atoms with Crippen molar-refractivity contribution in [3.8, 4) is 0 Å². The number of nitrogens with one attached hydrogen (secondary N) is 1. The van der Waals surface area contributed by atoms with Crippen LogP contribution in [0.15, 0.2) is 24.3 Å². The second-order valence-electron chi connectivity index (χ2n) is 6.39. The average Bonchev–Trinajstić information content (AvgIpc) is 2.53. The Kier molecular flexibility index (Phi) is 4.31. The van der Waals surface area contributed by atoms with Crippen molar-refractivity contribution in [3.05, 3.63) is 52.7 Å². The zero-order chi connectivity index (χ0) is 16.4. The van der Waals surface area contributed by atoms with Gasteiger partial charge in [0.1, 0.15) is 23.1 Å². The molecule has 0 saturated carbocycles. The van der Waals surface area contributed by atoms with E-state index >= 15 is 0 Å². The number of aromatic nitrogens is 2. The molecule has 0 saturated heterocycles. The molecule has 23 heavy (non-hydrogen) atoms. The summed E-state index contributed by atoms with van der Waals surface area (Å²) in [5.74, 6) is 1.25. The molecule has 1 aromatic heterocycles. The SMILES string of the molecule is Cc1nc2c(c(NCC(C)(O)c3ccc(F)cc3)n1)CCCC2. The van der Waals surface area contributed by atoms with E-state index in [1.807, 2.05) is 6.92 Å². The van der Waals surface area contributed by atoms with Crippen molar-refractivity contribution in [2.75, 3.05) is 11.9 Å². The highest BCUT2D eigenvalue weighted by molar-refractivity contribution is 5.48. The predicted octanol–water partition coefficient (Wildman–Crippen LogP) is 3.12. The summed E-state index contributed by atoms with van der Waals surface area (Å²) in [6.45, 7) is 3.91. The number of fused-ring (bicyclic) bond motifs is 1. The molecule has 1 aliphatic carbocycles. The summed E-state index contributed by atoms with van der Waals surface area (Å²) in [6.07, 6.45) is 4.26. The third-order valence-electron chi connectivity index (χ3n) is 4.36. The maximum atomic E-state index is 13.0. The summed E-state index contributed by atoms with van der Waals surface area (Å²) in [6, 6.07) is 5.94. The molecule has 0 radical (unpaired) electrons. The zero-order valence-electron chi connectivity index (χ0n) is 13.6. The Hall–Kier alpha value is -2.01. The second kappa shape index (κ2) is 6.24. The van der Waals surface area contributed by atoms with Gasteiger partial charge in [-0.15, -0.1) is 0 Å². The highest BCUT2D eigenvalue weighted by atomic mass is 19.1. The molecular weight excluding hydrogens is 293 g/mol. The lowest BCUT2D eigenvalue weighted by Gasteiger charge is -2.26. The minimum Gasteiger partial charge on any atom is -0.384 e. The Morgan fingerprint density at radius 2 is 1.87 bits per heavy atom. The Balaban J connectivity index is 1.80. The lowest BCUT2D eigenvalue weighted by molar-refractivity contribution is 0.0713. The third kappa shape index (κ3) is 3.50. The van der Waals surface area contributed by atoms with Gasteiger partial charge >= 0.3 is 0 Å². The van der Waals surface area contributed by atoms with Crippen molar-refractivity contribution in [2.45, 2.75) is 45.1 Å². The van der Waals surface area contributed by atoms with Gasteiger partial charge < -0.3 is 10.4 Å². The predicted molar refractivity (Wildman–Crippen MR) is 87.9 cm³/mol. The van der Waals surface area contributed by atoms with Gasteiger partial charge in [-0.1, -0.05) is 12.1 Å². The van der Waals surface area contributed by atoms with Crippen molar-refractivity contribution in [1.29, 1.82) is 0 Å². The molecule has 0 spiro atoms. The van der Waals surface area contributed by atoms with Crippen LogP contribution in [0.1, 0.15) is 42.4 Å². The molecule has 0 amide bonds. The first-order valence-electron chi connectivity index (χ1n) is 8.04. The van der Waals surface area contributed by atoms with Crippen LogP contribution in [0.2, 0.25) is 0 Å². The van der Waals surface area contributed by atoms with E-state index in [-0.39, 0.29) is 5.82 Å². The summed E-state index contributed by atoms with van der Waals surface area (Å²) >= 11 is 0. The molecule has 3 rings (SSSR count). The van der Waals surface area contributed by atoms with E-state index in [2.05, 4.69) is 15.3 Å². The van der Waals surface area contributed by atoms with Crippen molar-refractivity contribution in [1.82, 2.24) is 9.97 Å². The summed E-state index contributed by atoms with van der Waals surface area (Å²) in [5.41, 5.74) is 1.85. The first-order chi connectivity index (χ1) is 11.0. The Labute approximate surface area is 135 Å². The Morgan fingerprint density at radius 1 is 1.17 bits per heavy atom. The first-order valence-corrected chi connectivity index (χ1v) is 8.04. The van der Waals surface area contributed by atoms with E-state index in [0.29, 0.717) is 12.1 Å². The molecule has 0 aliphatic heterocycles. The summed E-state index contributed by atoms with van der Waals surface area (Å²) < 4.78 is 13.0. The van der Waals surface area contributed by atoms with Crippen molar-refractivity contribution >= 4 is 5.82 Å². The van der Waals surface area contributed by atoms with E-state index < -0.39 is 5.60 Å². The van der Waals surface area contributed by atoms with Gasteiger partial charge in [0.15, 0.2) is 0 Å². The van der Waals surface area contributed by atoms with Gasteiger partial charge in [-0.2, -0.15) is 0 Å². The van der Waals surface area contributed by atoms with E-state index in [9.17, 15) is 9.50 Å². The number of hydrogen-bond acceptors (Lipinski definition) is 4. The van der Waals surface area contributed by atoms with E-state index in [4.69, 9.17) is 0 Å². The molecular formula is C18H22FN3O. The molecule has 2 N–H and O–H groups in total. The second-order valence-corrected chi connectivity index (χ2v) is 6.39. The number of nitrogens with zero attached hydrogens (tertiary/aromatic N) is 2. The summed E-state index contributed by atoms with van der Waals surface area (Å²) in [4.78, 5) is 9.04. The number of benzene rings is 1. The molecule has 122 valence electrons. The van der Waals surface area contributed by atoms with Crippen LogP contribution >= 0.6 is 0 Å². The quantitative estimate of drug-likeness (QED) is 0.910. The minimum absolute atomic E-state index is 0.307. The van der Waals surface area contributed by atoms with Gasteiger partial charge in [0.2, 0.25) is 0 Å². The Morgan fingerprint density at radius 3 is 2.61 bits per heavy atom. The van der Waals surface area contributed by atoms with Gasteiger partial charge in [-0.05, 0) is 57.2 Å². The van der Waals surface area contributed by atoms with Crippen LogP contribution in [-0.4, -0.2) is 21.6 Å². The van der Waals surface area contributed by atoms with Crippen LogP contribution in [0.25, 0.3) is 0 Å². The molecule has 1 aliphatic rings. The summed E-state index contributed by atoms with van der Waals surface area (Å²) in [7, 11) is 0. The van der Waals surface area contributed by atoms with Gasteiger partial charge in [0, 0.05) is 17.8 Å². The first kappa shape index (κ1) is 15.9. The van der Waals surface area contributed by atoms with Crippen molar-refractivity contribution in [3.63, 3.8) is 0 Å². The molecule has 0 fully saturated rings. The van der Waals surface area contributed by atoms with Crippen LogP contribution in [-0.2, 0) is 18.4 Å².